The zero-order chi connectivity index (χ0) is 21.4. The third-order valence-electron chi connectivity index (χ3n) is 7.80. The van der Waals surface area contributed by atoms with Gasteiger partial charge in [-0.2, -0.15) is 0 Å². The molecule has 0 saturated heterocycles. The number of amides is 1. The van der Waals surface area contributed by atoms with Gasteiger partial charge in [-0.15, -0.1) is 0 Å². The van der Waals surface area contributed by atoms with Gasteiger partial charge >= 0.3 is 0 Å². The van der Waals surface area contributed by atoms with Crippen molar-refractivity contribution in [2.24, 2.45) is 23.7 Å². The second-order valence-corrected chi connectivity index (χ2v) is 10.6. The molecule has 6 unspecified atom stereocenters. The summed E-state index contributed by atoms with van der Waals surface area (Å²) in [6.45, 7) is 0. The maximum Gasteiger partial charge on any atom is 0.269 e. The second-order valence-electron chi connectivity index (χ2n) is 9.79. The highest BCUT2D eigenvalue weighted by atomic mass is 32.1. The third kappa shape index (κ3) is 4.80. The van der Waals surface area contributed by atoms with Crippen molar-refractivity contribution < 1.29 is 4.79 Å². The number of fused-ring (bicyclic) bond motifs is 4. The lowest BCUT2D eigenvalue weighted by Crippen LogP contribution is -2.50. The van der Waals surface area contributed by atoms with Crippen LogP contribution in [-0.4, -0.2) is 28.2 Å². The molecule has 0 heterocycles. The molecule has 1 aromatic carbocycles. The van der Waals surface area contributed by atoms with Crippen LogP contribution in [0.3, 0.4) is 0 Å². The van der Waals surface area contributed by atoms with Crippen LogP contribution >= 0.6 is 24.4 Å². The van der Waals surface area contributed by atoms with Crippen molar-refractivity contribution in [2.45, 2.75) is 63.5 Å². The van der Waals surface area contributed by atoms with Crippen LogP contribution in [0.4, 0.5) is 5.69 Å². The number of hydrogen-bond donors (Lipinski definition) is 5. The predicted molar refractivity (Wildman–Crippen MR) is 131 cm³/mol. The molecular formula is C23H31N5OS2. The highest BCUT2D eigenvalue weighted by Crippen LogP contribution is 2.45. The first-order chi connectivity index (χ1) is 15.0. The number of hydrogen-bond acceptors (Lipinski definition) is 3. The molecular weight excluding hydrogens is 426 g/mol. The Morgan fingerprint density at radius 2 is 1.32 bits per heavy atom. The van der Waals surface area contributed by atoms with Crippen molar-refractivity contribution in [2.75, 3.05) is 5.32 Å². The van der Waals surface area contributed by atoms with Gasteiger partial charge < -0.3 is 16.0 Å². The first kappa shape index (κ1) is 20.9. The quantitative estimate of drug-likeness (QED) is 0.350. The van der Waals surface area contributed by atoms with Gasteiger partial charge in [-0.05, 0) is 111 Å². The number of anilines is 1. The van der Waals surface area contributed by atoms with Gasteiger partial charge in [-0.1, -0.05) is 12.8 Å². The van der Waals surface area contributed by atoms with Crippen LogP contribution in [0, 0.1) is 23.7 Å². The second kappa shape index (κ2) is 8.90. The van der Waals surface area contributed by atoms with Crippen LogP contribution < -0.4 is 26.8 Å². The summed E-state index contributed by atoms with van der Waals surface area (Å²) in [7, 11) is 0. The summed E-state index contributed by atoms with van der Waals surface area (Å²) in [6.07, 6.45) is 10.4. The Kier molecular flexibility index (Phi) is 6.01. The van der Waals surface area contributed by atoms with Crippen LogP contribution in [-0.2, 0) is 0 Å². The molecule has 1 amide bonds. The fourth-order valence-electron chi connectivity index (χ4n) is 6.27. The lowest BCUT2D eigenvalue weighted by molar-refractivity contribution is 0.0943. The third-order valence-corrected chi connectivity index (χ3v) is 8.24. The van der Waals surface area contributed by atoms with E-state index in [2.05, 4.69) is 26.8 Å². The zero-order valence-electron chi connectivity index (χ0n) is 17.7. The normalized spacial score (nSPS) is 32.5. The summed E-state index contributed by atoms with van der Waals surface area (Å²) in [5.74, 6) is 3.01. The molecule has 166 valence electrons. The predicted octanol–water partition coefficient (Wildman–Crippen LogP) is 3.46. The molecule has 0 aromatic heterocycles. The molecule has 4 aliphatic carbocycles. The van der Waals surface area contributed by atoms with Gasteiger partial charge in [0.1, 0.15) is 0 Å². The Labute approximate surface area is 194 Å². The molecule has 4 saturated carbocycles. The Hall–Kier alpha value is -1.93. The Morgan fingerprint density at radius 1 is 0.742 bits per heavy atom. The molecule has 8 heteroatoms. The summed E-state index contributed by atoms with van der Waals surface area (Å²) in [4.78, 5) is 12.4. The topological polar surface area (TPSA) is 77.2 Å². The van der Waals surface area contributed by atoms with Gasteiger partial charge in [0.15, 0.2) is 10.2 Å². The maximum absolute atomic E-state index is 12.4. The molecule has 4 bridgehead atoms. The van der Waals surface area contributed by atoms with Gasteiger partial charge in [0, 0.05) is 23.3 Å². The smallest absolute Gasteiger partial charge is 0.269 e. The first-order valence-corrected chi connectivity index (χ1v) is 12.4. The van der Waals surface area contributed by atoms with E-state index in [0.29, 0.717) is 27.9 Å². The van der Waals surface area contributed by atoms with Gasteiger partial charge in [0.2, 0.25) is 0 Å². The average molecular weight is 458 g/mol. The standard InChI is InChI=1S/C23H31N5OS2/c29-21(27-28-23(31)26-20-12-14-2-4-17(20)10-14)15-5-7-18(8-6-15)24-22(30)25-19-11-13-1-3-16(19)9-13/h5-8,13-14,16-17,19-20H,1-4,9-12H2,(H,27,29)(H2,24,25,30)(H2,26,28,31). The SMILES string of the molecule is O=C(NNC(=S)NC1CC2CCC1C2)c1ccc(NC(=S)NC2CC3CCC2C3)cc1. The van der Waals surface area contributed by atoms with Crippen molar-refractivity contribution in [3.05, 3.63) is 29.8 Å². The van der Waals surface area contributed by atoms with E-state index in [1.54, 1.807) is 12.1 Å². The molecule has 0 radical (unpaired) electrons. The minimum Gasteiger partial charge on any atom is -0.359 e. The number of nitrogens with one attached hydrogen (secondary N) is 5. The number of rotatable bonds is 4. The molecule has 5 rings (SSSR count). The summed E-state index contributed by atoms with van der Waals surface area (Å²) in [6, 6.07) is 8.26. The van der Waals surface area contributed by atoms with Crippen LogP contribution in [0.15, 0.2) is 24.3 Å². The van der Waals surface area contributed by atoms with Gasteiger partial charge in [0.25, 0.3) is 5.91 Å². The van der Waals surface area contributed by atoms with Crippen molar-refractivity contribution in [3.8, 4) is 0 Å². The molecule has 1 aromatic rings. The minimum atomic E-state index is -0.216. The number of hydrazine groups is 1. The summed E-state index contributed by atoms with van der Waals surface area (Å²) in [5, 5.41) is 11.2. The Bertz CT molecular complexity index is 860. The largest absolute Gasteiger partial charge is 0.359 e. The van der Waals surface area contributed by atoms with Crippen LogP contribution in [0.1, 0.15) is 61.7 Å². The van der Waals surface area contributed by atoms with Crippen molar-refractivity contribution in [1.29, 1.82) is 0 Å². The van der Waals surface area contributed by atoms with E-state index >= 15 is 0 Å². The summed E-state index contributed by atoms with van der Waals surface area (Å²) in [5.41, 5.74) is 6.97. The van der Waals surface area contributed by atoms with Crippen molar-refractivity contribution >= 4 is 46.3 Å². The van der Waals surface area contributed by atoms with E-state index in [9.17, 15) is 4.79 Å². The molecule has 6 atom stereocenters. The van der Waals surface area contributed by atoms with Crippen molar-refractivity contribution in [1.82, 2.24) is 21.5 Å². The van der Waals surface area contributed by atoms with Crippen LogP contribution in [0.5, 0.6) is 0 Å². The molecule has 4 aliphatic rings. The van der Waals surface area contributed by atoms with Crippen molar-refractivity contribution in [3.63, 3.8) is 0 Å². The Morgan fingerprint density at radius 3 is 1.84 bits per heavy atom. The molecule has 31 heavy (non-hydrogen) atoms. The van der Waals surface area contributed by atoms with E-state index in [1.165, 1.54) is 51.4 Å². The lowest BCUT2D eigenvalue weighted by Gasteiger charge is -2.24. The average Bonchev–Trinajstić information content (AvgIpc) is 3.54. The fraction of sp³-hybridized carbons (Fsp3) is 0.609. The number of thiocarbonyl (C=S) groups is 2. The summed E-state index contributed by atoms with van der Waals surface area (Å²) >= 11 is 10.8. The molecule has 0 aliphatic heterocycles. The fourth-order valence-corrected chi connectivity index (χ4v) is 6.75. The van der Waals surface area contributed by atoms with Crippen LogP contribution in [0.2, 0.25) is 0 Å². The number of benzene rings is 1. The highest BCUT2D eigenvalue weighted by molar-refractivity contribution is 7.80. The number of carbonyl (C=O) groups excluding carboxylic acids is 1. The zero-order valence-corrected chi connectivity index (χ0v) is 19.3. The van der Waals surface area contributed by atoms with Gasteiger partial charge in [-0.3, -0.25) is 15.6 Å². The van der Waals surface area contributed by atoms with E-state index in [0.717, 1.165) is 29.4 Å². The Balaban J connectivity index is 1.05. The van der Waals surface area contributed by atoms with E-state index in [-0.39, 0.29) is 5.91 Å². The number of carbonyl (C=O) groups is 1. The lowest BCUT2D eigenvalue weighted by atomic mass is 9.96. The molecule has 0 spiro atoms. The first-order valence-electron chi connectivity index (χ1n) is 11.6. The minimum absolute atomic E-state index is 0.216. The van der Waals surface area contributed by atoms with E-state index < -0.39 is 0 Å². The van der Waals surface area contributed by atoms with Gasteiger partial charge in [0.05, 0.1) is 0 Å². The van der Waals surface area contributed by atoms with Crippen LogP contribution in [0.25, 0.3) is 0 Å². The molecule has 5 N–H and O–H groups in total. The van der Waals surface area contributed by atoms with E-state index in [1.807, 2.05) is 12.1 Å². The summed E-state index contributed by atoms with van der Waals surface area (Å²) < 4.78 is 0. The maximum atomic E-state index is 12.4. The monoisotopic (exact) mass is 457 g/mol. The molecule has 4 fully saturated rings. The van der Waals surface area contributed by atoms with E-state index in [4.69, 9.17) is 24.4 Å². The molecule has 6 nitrogen and oxygen atoms in total. The van der Waals surface area contributed by atoms with Gasteiger partial charge in [-0.25, -0.2) is 0 Å². The highest BCUT2D eigenvalue weighted by Gasteiger charge is 2.40.